The van der Waals surface area contributed by atoms with Gasteiger partial charge >= 0.3 is 0 Å². The number of fused-ring (bicyclic) bond motifs is 1. The van der Waals surface area contributed by atoms with Crippen LogP contribution in [0, 0.1) is 6.85 Å². The zero-order valence-corrected chi connectivity index (χ0v) is 42.5. The van der Waals surface area contributed by atoms with Crippen LogP contribution < -0.4 is 0 Å². The number of hydrogen-bond donors (Lipinski definition) is 1. The van der Waals surface area contributed by atoms with Crippen molar-refractivity contribution in [1.29, 1.82) is 0 Å². The summed E-state index contributed by atoms with van der Waals surface area (Å²) in [5, 5.41) is 12.6. The van der Waals surface area contributed by atoms with Gasteiger partial charge in [-0.3, -0.25) is 9.55 Å². The predicted octanol–water partition coefficient (Wildman–Crippen LogP) is 17.3. The summed E-state index contributed by atoms with van der Waals surface area (Å²) in [6.07, 6.45) is 1.87. The van der Waals surface area contributed by atoms with Gasteiger partial charge in [0.25, 0.3) is 0 Å². The first kappa shape index (κ1) is 43.3. The van der Waals surface area contributed by atoms with Crippen LogP contribution in [0.3, 0.4) is 0 Å². The molecule has 0 radical (unpaired) electrons. The molecule has 8 rings (SSSR count). The van der Waals surface area contributed by atoms with Crippen LogP contribution in [0.5, 0.6) is 5.75 Å². The highest BCUT2D eigenvalue weighted by Gasteiger charge is 2.30. The molecule has 0 unspecified atom stereocenters. The van der Waals surface area contributed by atoms with E-state index in [1.165, 1.54) is 11.1 Å². The summed E-state index contributed by atoms with van der Waals surface area (Å²) in [6.45, 7) is 30.3. The molecule has 0 aliphatic heterocycles. The second-order valence-corrected chi connectivity index (χ2v) is 23.7. The van der Waals surface area contributed by atoms with Crippen LogP contribution in [-0.4, -0.2) is 19.6 Å². The average molecular weight is 889 g/mol. The van der Waals surface area contributed by atoms with Gasteiger partial charge in [0.1, 0.15) is 11.6 Å². The third kappa shape index (κ3) is 9.51. The lowest BCUT2D eigenvalue weighted by atomic mass is 9.78. The van der Waals surface area contributed by atoms with E-state index in [2.05, 4.69) is 183 Å². The minimum atomic E-state index is -2.52. The molecule has 0 atom stereocenters. The maximum Gasteiger partial charge on any atom is 0.149 e. The zero-order valence-electron chi connectivity index (χ0n) is 45.5. The second kappa shape index (κ2) is 16.8. The summed E-state index contributed by atoms with van der Waals surface area (Å²) in [4.78, 5) is 10.5. The highest BCUT2D eigenvalue weighted by atomic mass is 16.3. The van der Waals surface area contributed by atoms with E-state index in [4.69, 9.17) is 9.97 Å². The molecule has 6 aromatic carbocycles. The van der Waals surface area contributed by atoms with Gasteiger partial charge in [-0.1, -0.05) is 183 Å². The van der Waals surface area contributed by atoms with Gasteiger partial charge in [-0.15, -0.1) is 0 Å². The molecule has 0 aliphatic rings. The maximum atomic E-state index is 12.6. The molecule has 0 saturated carbocycles. The summed E-state index contributed by atoms with van der Waals surface area (Å²) in [6, 6.07) is 44.0. The summed E-state index contributed by atoms with van der Waals surface area (Å²) >= 11 is 0. The van der Waals surface area contributed by atoms with Crippen molar-refractivity contribution in [3.63, 3.8) is 0 Å². The number of imidazole rings is 1. The molecule has 344 valence electrons. The minimum Gasteiger partial charge on any atom is -0.507 e. The van der Waals surface area contributed by atoms with Gasteiger partial charge in [0.15, 0.2) is 0 Å². The fraction of sp³-hybridized carbons (Fsp3) is 0.333. The van der Waals surface area contributed by atoms with E-state index in [0.29, 0.717) is 22.6 Å². The first-order valence-corrected chi connectivity index (χ1v) is 23.8. The lowest BCUT2D eigenvalue weighted by molar-refractivity contribution is 0.446. The van der Waals surface area contributed by atoms with E-state index >= 15 is 0 Å². The van der Waals surface area contributed by atoms with E-state index in [-0.39, 0.29) is 33.0 Å². The van der Waals surface area contributed by atoms with Crippen molar-refractivity contribution in [2.24, 2.45) is 0 Å². The van der Waals surface area contributed by atoms with Crippen LogP contribution >= 0.6 is 0 Å². The molecule has 0 aliphatic carbocycles. The molecule has 0 spiro atoms. The standard InChI is InChI=1S/C63H71N3O/c1-39-29-41(43-31-47(60(5,6)7)36-48(32-43)61(8,9)10)25-26-54(39)66-55-24-20-23-50(56(55)65-58(66)51-37-49(62(11,12)13)38-52(57(51)67)63(14,15)16)44-30-45(34-46(33-44)59(2,3)4)53-35-42(27-28-64-53)40-21-18-17-19-22-40/h17-38,67H,1-16H3/i1D3. The first-order chi connectivity index (χ1) is 32.4. The molecule has 4 heteroatoms. The Labute approximate surface area is 405 Å². The lowest BCUT2D eigenvalue weighted by Crippen LogP contribution is -2.17. The summed E-state index contributed by atoms with van der Waals surface area (Å²) in [7, 11) is 0. The number of aromatic nitrogens is 3. The topological polar surface area (TPSA) is 50.9 Å². The van der Waals surface area contributed by atoms with Gasteiger partial charge in [-0.25, -0.2) is 4.98 Å². The van der Waals surface area contributed by atoms with Gasteiger partial charge in [-0.2, -0.15) is 0 Å². The number of benzene rings is 6. The molecule has 0 amide bonds. The van der Waals surface area contributed by atoms with Crippen molar-refractivity contribution < 1.29 is 9.22 Å². The van der Waals surface area contributed by atoms with Gasteiger partial charge in [0.2, 0.25) is 0 Å². The van der Waals surface area contributed by atoms with Gasteiger partial charge in [0, 0.05) is 27.0 Å². The van der Waals surface area contributed by atoms with Crippen molar-refractivity contribution in [2.75, 3.05) is 0 Å². The number of pyridine rings is 1. The average Bonchev–Trinajstić information content (AvgIpc) is 3.66. The summed E-state index contributed by atoms with van der Waals surface area (Å²) in [5.74, 6) is 0.588. The number of para-hydroxylation sites is 1. The monoisotopic (exact) mass is 889 g/mol. The van der Waals surface area contributed by atoms with Crippen molar-refractivity contribution in [3.8, 4) is 67.5 Å². The van der Waals surface area contributed by atoms with Crippen LogP contribution in [0.2, 0.25) is 0 Å². The lowest BCUT2D eigenvalue weighted by Gasteiger charge is -2.27. The third-order valence-electron chi connectivity index (χ3n) is 13.2. The van der Waals surface area contributed by atoms with E-state index < -0.39 is 12.3 Å². The maximum absolute atomic E-state index is 12.6. The van der Waals surface area contributed by atoms with Crippen LogP contribution in [0.4, 0.5) is 0 Å². The Morgan fingerprint density at radius 2 is 1.04 bits per heavy atom. The first-order valence-electron chi connectivity index (χ1n) is 25.3. The number of hydrogen-bond acceptors (Lipinski definition) is 3. The molecular weight excluding hydrogens is 815 g/mol. The van der Waals surface area contributed by atoms with Crippen molar-refractivity contribution in [3.05, 3.63) is 167 Å². The predicted molar refractivity (Wildman–Crippen MR) is 286 cm³/mol. The number of rotatable bonds is 6. The summed E-state index contributed by atoms with van der Waals surface area (Å²) in [5.41, 5.74) is 14.5. The zero-order chi connectivity index (χ0) is 51.1. The van der Waals surface area contributed by atoms with Crippen molar-refractivity contribution >= 4 is 11.0 Å². The van der Waals surface area contributed by atoms with Gasteiger partial charge in [0.05, 0.1) is 28.0 Å². The van der Waals surface area contributed by atoms with Crippen LogP contribution in [0.25, 0.3) is 72.7 Å². The van der Waals surface area contributed by atoms with Crippen molar-refractivity contribution in [2.45, 2.75) is 138 Å². The van der Waals surface area contributed by atoms with E-state index in [9.17, 15) is 9.22 Å². The molecule has 0 bridgehead atoms. The second-order valence-electron chi connectivity index (χ2n) is 23.7. The molecule has 1 N–H and O–H groups in total. The normalized spacial score (nSPS) is 13.7. The number of aromatic hydroxyl groups is 1. The Morgan fingerprint density at radius 1 is 0.463 bits per heavy atom. The Morgan fingerprint density at radius 3 is 1.66 bits per heavy atom. The van der Waals surface area contributed by atoms with Gasteiger partial charge < -0.3 is 5.11 Å². The van der Waals surface area contributed by atoms with E-state index in [1.54, 1.807) is 0 Å². The number of nitrogens with zero attached hydrogens (tertiary/aromatic N) is 3. The molecule has 0 fully saturated rings. The van der Waals surface area contributed by atoms with Crippen LogP contribution in [0.15, 0.2) is 134 Å². The third-order valence-corrected chi connectivity index (χ3v) is 13.2. The molecule has 2 aromatic heterocycles. The Hall–Kier alpha value is -6.26. The van der Waals surface area contributed by atoms with Gasteiger partial charge in [-0.05, 0) is 138 Å². The Bertz CT molecular complexity index is 3230. The van der Waals surface area contributed by atoms with Crippen molar-refractivity contribution in [1.82, 2.24) is 14.5 Å². The van der Waals surface area contributed by atoms with E-state index in [1.807, 2.05) is 59.3 Å². The van der Waals surface area contributed by atoms with Crippen LogP contribution in [-0.2, 0) is 27.1 Å². The highest BCUT2D eigenvalue weighted by molar-refractivity contribution is 5.97. The Kier molecular flexibility index (Phi) is 10.9. The van der Waals surface area contributed by atoms with E-state index in [0.717, 1.165) is 66.8 Å². The molecule has 2 heterocycles. The molecule has 4 nitrogen and oxygen atoms in total. The molecule has 67 heavy (non-hydrogen) atoms. The van der Waals surface area contributed by atoms with Crippen LogP contribution in [0.1, 0.15) is 141 Å². The largest absolute Gasteiger partial charge is 0.507 e. The quantitative estimate of drug-likeness (QED) is 0.181. The molecular formula is C63H71N3O. The number of phenolic OH excluding ortho intramolecular Hbond substituents is 1. The highest BCUT2D eigenvalue weighted by Crippen LogP contribution is 2.46. The molecule has 0 saturated heterocycles. The Balaban J connectivity index is 1.46. The smallest absolute Gasteiger partial charge is 0.149 e. The fourth-order valence-corrected chi connectivity index (χ4v) is 8.90. The fourth-order valence-electron chi connectivity index (χ4n) is 8.90. The number of phenols is 1. The molecule has 8 aromatic rings. The SMILES string of the molecule is [2H]C([2H])([2H])c1cc(-c2cc(C(C)(C)C)cc(C(C)(C)C)c2)ccc1-n1c(-c2cc(C(C)(C)C)cc(C(C)(C)C)c2O)nc2c(-c3cc(-c4cc(-c5ccccc5)ccn4)cc(C(C)(C)C)c3)cccc21. The minimum absolute atomic E-state index is 0.126. The summed E-state index contributed by atoms with van der Waals surface area (Å²) < 4.78 is 29.6. The number of aryl methyl sites for hydroxylation is 1.